The number of benzene rings is 1. The second-order valence-electron chi connectivity index (χ2n) is 3.76. The summed E-state index contributed by atoms with van der Waals surface area (Å²) < 4.78 is 2.05. The van der Waals surface area contributed by atoms with Crippen molar-refractivity contribution in [1.82, 2.24) is 9.13 Å². The molecule has 1 aromatic heterocycles. The Morgan fingerprint density at radius 1 is 1.44 bits per heavy atom. The lowest BCUT2D eigenvalue weighted by molar-refractivity contribution is -0.384. The van der Waals surface area contributed by atoms with Crippen LogP contribution in [0.4, 0.5) is 5.69 Å². The molecule has 1 heterocycles. The number of allylic oxidation sites excluding steroid dienone is 1. The Hall–Kier alpha value is -2.70. The maximum Gasteiger partial charge on any atom is 0.340 e. The van der Waals surface area contributed by atoms with Gasteiger partial charge in [0.1, 0.15) is 0 Å². The van der Waals surface area contributed by atoms with Crippen LogP contribution in [0.15, 0.2) is 29.6 Å². The van der Waals surface area contributed by atoms with Crippen molar-refractivity contribution in [2.45, 2.75) is 6.92 Å². The quantitative estimate of drug-likeness (QED) is 0.463. The van der Waals surface area contributed by atoms with Crippen LogP contribution in [0.5, 0.6) is 0 Å². The van der Waals surface area contributed by atoms with Gasteiger partial charge in [0.25, 0.3) is 5.69 Å². The number of hydrogen-bond acceptors (Lipinski definition) is 4. The van der Waals surface area contributed by atoms with E-state index in [0.29, 0.717) is 17.6 Å². The first-order chi connectivity index (χ1) is 8.47. The minimum absolute atomic E-state index is 0.152. The summed E-state index contributed by atoms with van der Waals surface area (Å²) in [6, 6.07) is 3.85. The third-order valence-corrected chi connectivity index (χ3v) is 2.55. The number of aromatic nitrogens is 2. The second kappa shape index (κ2) is 3.95. The van der Waals surface area contributed by atoms with Gasteiger partial charge in [-0.1, -0.05) is 6.58 Å². The number of hydrogen-bond donors (Lipinski definition) is 0. The van der Waals surface area contributed by atoms with Crippen LogP contribution in [0.2, 0.25) is 0 Å². The molecular formula is C11H9N3O4. The number of nitro groups is 1. The minimum Gasteiger partial charge on any atom is -0.278 e. The third kappa shape index (κ3) is 1.53. The number of carbonyl (C=O) groups excluding carboxylic acids is 1. The van der Waals surface area contributed by atoms with Gasteiger partial charge in [-0.05, 0) is 13.0 Å². The number of nitrogens with zero attached hydrogens (tertiary/aromatic N) is 3. The van der Waals surface area contributed by atoms with E-state index in [9.17, 15) is 19.7 Å². The zero-order valence-electron chi connectivity index (χ0n) is 9.49. The molecule has 1 aromatic carbocycles. The Kier molecular flexibility index (Phi) is 2.59. The lowest BCUT2D eigenvalue weighted by Crippen LogP contribution is -2.22. The molecule has 0 radical (unpaired) electrons. The van der Waals surface area contributed by atoms with Gasteiger partial charge in [0.05, 0.1) is 16.0 Å². The van der Waals surface area contributed by atoms with E-state index in [1.54, 1.807) is 6.92 Å². The molecule has 0 N–H and O–H groups in total. The summed E-state index contributed by atoms with van der Waals surface area (Å²) >= 11 is 0. The van der Waals surface area contributed by atoms with Gasteiger partial charge in [0.2, 0.25) is 6.41 Å². The summed E-state index contributed by atoms with van der Waals surface area (Å²) in [5.74, 6) is 0. The fourth-order valence-electron chi connectivity index (χ4n) is 1.79. The monoisotopic (exact) mass is 247 g/mol. The fraction of sp³-hybridized carbons (Fsp3) is 0.0909. The maximum atomic E-state index is 11.9. The molecule has 18 heavy (non-hydrogen) atoms. The normalized spacial score (nSPS) is 10.5. The second-order valence-corrected chi connectivity index (χ2v) is 3.76. The Morgan fingerprint density at radius 2 is 2.11 bits per heavy atom. The van der Waals surface area contributed by atoms with E-state index in [1.165, 1.54) is 18.2 Å². The van der Waals surface area contributed by atoms with E-state index < -0.39 is 10.6 Å². The summed E-state index contributed by atoms with van der Waals surface area (Å²) in [5.41, 5.74) is 0.233. The van der Waals surface area contributed by atoms with E-state index >= 15 is 0 Å². The summed E-state index contributed by atoms with van der Waals surface area (Å²) in [4.78, 5) is 32.9. The smallest absolute Gasteiger partial charge is 0.278 e. The summed E-state index contributed by atoms with van der Waals surface area (Å²) in [5, 5.41) is 10.7. The summed E-state index contributed by atoms with van der Waals surface area (Å²) in [6.45, 7) is 5.20. The SMILES string of the molecule is C=C(C)n1c(=O)n(C=O)c2ccc([N+](=O)[O-])cc21. The molecule has 0 amide bonds. The molecule has 92 valence electrons. The first kappa shape index (κ1) is 11.8. The van der Waals surface area contributed by atoms with Crippen molar-refractivity contribution < 1.29 is 9.72 Å². The van der Waals surface area contributed by atoms with Crippen LogP contribution in [-0.2, 0) is 4.79 Å². The molecule has 0 unspecified atom stereocenters. The molecule has 2 aromatic rings. The molecule has 0 bridgehead atoms. The van der Waals surface area contributed by atoms with Gasteiger partial charge in [-0.2, -0.15) is 0 Å². The molecule has 2 rings (SSSR count). The van der Waals surface area contributed by atoms with E-state index in [2.05, 4.69) is 6.58 Å². The van der Waals surface area contributed by atoms with Crippen LogP contribution in [0.25, 0.3) is 16.7 Å². The Bertz CT molecular complexity index is 739. The van der Waals surface area contributed by atoms with Gasteiger partial charge in [0.15, 0.2) is 0 Å². The predicted octanol–water partition coefficient (Wildman–Crippen LogP) is 1.24. The third-order valence-electron chi connectivity index (χ3n) is 2.55. The highest BCUT2D eigenvalue weighted by Crippen LogP contribution is 2.21. The molecule has 0 saturated carbocycles. The Morgan fingerprint density at radius 3 is 2.61 bits per heavy atom. The number of non-ortho nitro benzene ring substituents is 1. The number of carbonyl (C=O) groups is 1. The van der Waals surface area contributed by atoms with Crippen LogP contribution in [-0.4, -0.2) is 20.5 Å². The van der Waals surface area contributed by atoms with Gasteiger partial charge in [-0.3, -0.25) is 19.5 Å². The van der Waals surface area contributed by atoms with Crippen molar-refractivity contribution in [3.8, 4) is 0 Å². The standard InChI is InChI=1S/C11H9N3O4/c1-7(2)13-10-5-8(14(17)18)3-4-9(10)12(6-15)11(13)16/h3-6H,1H2,2H3. The lowest BCUT2D eigenvalue weighted by atomic mass is 10.2. The van der Waals surface area contributed by atoms with Gasteiger partial charge in [-0.15, -0.1) is 0 Å². The van der Waals surface area contributed by atoms with Crippen molar-refractivity contribution in [2.24, 2.45) is 0 Å². The molecule has 0 spiro atoms. The molecule has 0 fully saturated rings. The first-order valence-electron chi connectivity index (χ1n) is 5.00. The van der Waals surface area contributed by atoms with Crippen LogP contribution in [0.1, 0.15) is 6.92 Å². The topological polar surface area (TPSA) is 87.1 Å². The highest BCUT2D eigenvalue weighted by molar-refractivity contribution is 5.86. The van der Waals surface area contributed by atoms with Crippen LogP contribution < -0.4 is 5.69 Å². The van der Waals surface area contributed by atoms with Gasteiger partial charge < -0.3 is 0 Å². The zero-order chi connectivity index (χ0) is 13.4. The average Bonchev–Trinajstić information content (AvgIpc) is 2.59. The van der Waals surface area contributed by atoms with Gasteiger partial charge in [-0.25, -0.2) is 9.36 Å². The van der Waals surface area contributed by atoms with Gasteiger partial charge in [0, 0.05) is 17.8 Å². The highest BCUT2D eigenvalue weighted by atomic mass is 16.6. The number of imidazole rings is 1. The fourth-order valence-corrected chi connectivity index (χ4v) is 1.79. The van der Waals surface area contributed by atoms with Crippen LogP contribution in [0.3, 0.4) is 0 Å². The Labute approximate surface area is 101 Å². The lowest BCUT2D eigenvalue weighted by Gasteiger charge is -1.99. The van der Waals surface area contributed by atoms with Crippen molar-refractivity contribution in [3.05, 3.63) is 45.4 Å². The van der Waals surface area contributed by atoms with E-state index in [-0.39, 0.29) is 11.2 Å². The average molecular weight is 247 g/mol. The van der Waals surface area contributed by atoms with Crippen molar-refractivity contribution in [1.29, 1.82) is 0 Å². The largest absolute Gasteiger partial charge is 0.340 e. The molecule has 0 aliphatic carbocycles. The molecule has 0 aliphatic heterocycles. The minimum atomic E-state index is -0.590. The number of rotatable bonds is 3. The molecule has 0 atom stereocenters. The molecule has 7 heteroatoms. The van der Waals surface area contributed by atoms with Crippen LogP contribution >= 0.6 is 0 Å². The van der Waals surface area contributed by atoms with Crippen molar-refractivity contribution >= 4 is 28.8 Å². The predicted molar refractivity (Wildman–Crippen MR) is 66.0 cm³/mol. The summed E-state index contributed by atoms with van der Waals surface area (Å²) in [6.07, 6.45) is 0.371. The van der Waals surface area contributed by atoms with Crippen molar-refractivity contribution in [3.63, 3.8) is 0 Å². The summed E-state index contributed by atoms with van der Waals surface area (Å²) in [7, 11) is 0. The van der Waals surface area contributed by atoms with Crippen LogP contribution in [0, 0.1) is 10.1 Å². The maximum absolute atomic E-state index is 11.9. The van der Waals surface area contributed by atoms with E-state index in [1.807, 2.05) is 0 Å². The zero-order valence-corrected chi connectivity index (χ0v) is 9.49. The number of nitro benzene ring substituents is 1. The van der Waals surface area contributed by atoms with Gasteiger partial charge >= 0.3 is 5.69 Å². The number of fused-ring (bicyclic) bond motifs is 1. The van der Waals surface area contributed by atoms with Crippen molar-refractivity contribution in [2.75, 3.05) is 0 Å². The Balaban J connectivity index is 2.97. The van der Waals surface area contributed by atoms with E-state index in [4.69, 9.17) is 0 Å². The first-order valence-corrected chi connectivity index (χ1v) is 5.00. The molecule has 0 saturated heterocycles. The van der Waals surface area contributed by atoms with E-state index in [0.717, 1.165) is 9.13 Å². The molecule has 7 nitrogen and oxygen atoms in total. The molecule has 0 aliphatic rings. The molecular weight excluding hydrogens is 238 g/mol. The highest BCUT2D eigenvalue weighted by Gasteiger charge is 2.16.